The number of hydrogen-bond donors (Lipinski definition) is 0. The van der Waals surface area contributed by atoms with E-state index in [1.807, 2.05) is 6.92 Å². The van der Waals surface area contributed by atoms with Gasteiger partial charge in [-0.1, -0.05) is 6.08 Å². The smallest absolute Gasteiger partial charge is 0.106 e. The molecule has 2 nitrogen and oxygen atoms in total. The first kappa shape index (κ1) is 6.65. The van der Waals surface area contributed by atoms with E-state index in [1.165, 1.54) is 5.69 Å². The number of allylic oxidation sites excluding steroid dienone is 1. The average Bonchev–Trinajstić information content (AvgIpc) is 2.30. The monoisotopic (exact) mass is 148 g/mol. The molecule has 1 aliphatic rings. The van der Waals surface area contributed by atoms with Crippen LogP contribution in [-0.4, -0.2) is 9.55 Å². The molecular weight excluding hydrogens is 136 g/mol. The number of hydrogen-bond acceptors (Lipinski definition) is 1. The molecule has 0 saturated heterocycles. The van der Waals surface area contributed by atoms with Gasteiger partial charge in [0.05, 0.1) is 5.69 Å². The van der Waals surface area contributed by atoms with Gasteiger partial charge in [-0.15, -0.1) is 0 Å². The van der Waals surface area contributed by atoms with Gasteiger partial charge in [-0.05, 0) is 25.8 Å². The fourth-order valence-electron chi connectivity index (χ4n) is 1.53. The van der Waals surface area contributed by atoms with Gasteiger partial charge in [0.1, 0.15) is 5.82 Å². The molecule has 2 rings (SSSR count). The Morgan fingerprint density at radius 1 is 1.55 bits per heavy atom. The van der Waals surface area contributed by atoms with Gasteiger partial charge < -0.3 is 4.57 Å². The van der Waals surface area contributed by atoms with Crippen LogP contribution >= 0.6 is 0 Å². The van der Waals surface area contributed by atoms with Crippen molar-refractivity contribution in [2.45, 2.75) is 19.8 Å². The molecule has 2 heteroatoms. The quantitative estimate of drug-likeness (QED) is 0.547. The maximum Gasteiger partial charge on any atom is 0.106 e. The van der Waals surface area contributed by atoms with Crippen LogP contribution in [-0.2, 0) is 13.5 Å². The standard InChI is InChI=1S/C9H12N2/c1-7-10-8-5-3-4-6-9(8)11(7)2/h3,5H,4,6H2,1-2H3. The summed E-state index contributed by atoms with van der Waals surface area (Å²) in [6.07, 6.45) is 6.61. The van der Waals surface area contributed by atoms with Crippen molar-refractivity contribution in [1.82, 2.24) is 9.55 Å². The van der Waals surface area contributed by atoms with Gasteiger partial charge in [0.25, 0.3) is 0 Å². The summed E-state index contributed by atoms with van der Waals surface area (Å²) >= 11 is 0. The molecule has 0 saturated carbocycles. The van der Waals surface area contributed by atoms with E-state index in [4.69, 9.17) is 0 Å². The molecule has 0 spiro atoms. The van der Waals surface area contributed by atoms with E-state index in [1.54, 1.807) is 0 Å². The summed E-state index contributed by atoms with van der Waals surface area (Å²) in [7, 11) is 2.08. The molecule has 0 unspecified atom stereocenters. The van der Waals surface area contributed by atoms with Crippen LogP contribution in [0.1, 0.15) is 23.6 Å². The Morgan fingerprint density at radius 3 is 3.09 bits per heavy atom. The Balaban J connectivity index is 2.61. The van der Waals surface area contributed by atoms with Crippen LogP contribution in [0.25, 0.3) is 6.08 Å². The summed E-state index contributed by atoms with van der Waals surface area (Å²) in [6, 6.07) is 0. The summed E-state index contributed by atoms with van der Waals surface area (Å²) in [5, 5.41) is 0. The lowest BCUT2D eigenvalue weighted by Gasteiger charge is -2.05. The van der Waals surface area contributed by atoms with Crippen molar-refractivity contribution in [2.75, 3.05) is 0 Å². The number of imidazole rings is 1. The second-order valence-corrected chi connectivity index (χ2v) is 2.99. The molecule has 1 aromatic rings. The number of nitrogens with zero attached hydrogens (tertiary/aromatic N) is 2. The molecular formula is C9H12N2. The van der Waals surface area contributed by atoms with Crippen molar-refractivity contribution in [1.29, 1.82) is 0 Å². The van der Waals surface area contributed by atoms with Crippen molar-refractivity contribution < 1.29 is 0 Å². The van der Waals surface area contributed by atoms with Gasteiger partial charge in [-0.3, -0.25) is 0 Å². The third kappa shape index (κ3) is 0.897. The van der Waals surface area contributed by atoms with Gasteiger partial charge in [-0.25, -0.2) is 4.98 Å². The van der Waals surface area contributed by atoms with E-state index in [9.17, 15) is 0 Å². The third-order valence-corrected chi connectivity index (χ3v) is 2.29. The topological polar surface area (TPSA) is 17.8 Å². The number of aromatic nitrogens is 2. The summed E-state index contributed by atoms with van der Waals surface area (Å²) in [5.41, 5.74) is 2.54. The van der Waals surface area contributed by atoms with E-state index in [2.05, 4.69) is 28.8 Å². The van der Waals surface area contributed by atoms with E-state index in [-0.39, 0.29) is 0 Å². The molecule has 1 aliphatic carbocycles. The minimum Gasteiger partial charge on any atom is -0.335 e. The van der Waals surface area contributed by atoms with Crippen molar-refractivity contribution >= 4 is 6.08 Å². The van der Waals surface area contributed by atoms with Gasteiger partial charge in [0.15, 0.2) is 0 Å². The Labute approximate surface area is 66.6 Å². The summed E-state index contributed by atoms with van der Waals surface area (Å²) in [5.74, 6) is 1.11. The predicted molar refractivity (Wildman–Crippen MR) is 45.3 cm³/mol. The van der Waals surface area contributed by atoms with E-state index in [0.717, 1.165) is 24.4 Å². The molecule has 1 aromatic heterocycles. The van der Waals surface area contributed by atoms with E-state index < -0.39 is 0 Å². The van der Waals surface area contributed by atoms with Crippen molar-refractivity contribution in [3.63, 3.8) is 0 Å². The molecule has 0 fully saturated rings. The molecule has 11 heavy (non-hydrogen) atoms. The summed E-state index contributed by atoms with van der Waals surface area (Å²) < 4.78 is 2.18. The zero-order valence-corrected chi connectivity index (χ0v) is 6.96. The van der Waals surface area contributed by atoms with E-state index >= 15 is 0 Å². The van der Waals surface area contributed by atoms with Gasteiger partial charge in [-0.2, -0.15) is 0 Å². The van der Waals surface area contributed by atoms with Gasteiger partial charge in [0.2, 0.25) is 0 Å². The zero-order chi connectivity index (χ0) is 7.84. The average molecular weight is 148 g/mol. The van der Waals surface area contributed by atoms with Crippen LogP contribution < -0.4 is 0 Å². The minimum atomic E-state index is 1.11. The maximum absolute atomic E-state index is 4.43. The first-order valence-electron chi connectivity index (χ1n) is 3.98. The highest BCUT2D eigenvalue weighted by atomic mass is 15.1. The Hall–Kier alpha value is -1.05. The number of rotatable bonds is 0. The van der Waals surface area contributed by atoms with Crippen LogP contribution in [0.4, 0.5) is 0 Å². The molecule has 0 amide bonds. The molecule has 58 valence electrons. The fraction of sp³-hybridized carbons (Fsp3) is 0.444. The lowest BCUT2D eigenvalue weighted by Crippen LogP contribution is -2.00. The van der Waals surface area contributed by atoms with E-state index in [0.29, 0.717) is 0 Å². The van der Waals surface area contributed by atoms with Crippen molar-refractivity contribution in [2.24, 2.45) is 7.05 Å². The van der Waals surface area contributed by atoms with Gasteiger partial charge >= 0.3 is 0 Å². The van der Waals surface area contributed by atoms with Crippen molar-refractivity contribution in [3.05, 3.63) is 23.3 Å². The molecule has 1 heterocycles. The van der Waals surface area contributed by atoms with Crippen LogP contribution in [0.3, 0.4) is 0 Å². The first-order valence-corrected chi connectivity index (χ1v) is 3.98. The molecule has 0 N–H and O–H groups in total. The third-order valence-electron chi connectivity index (χ3n) is 2.29. The Morgan fingerprint density at radius 2 is 2.36 bits per heavy atom. The largest absolute Gasteiger partial charge is 0.335 e. The van der Waals surface area contributed by atoms with Crippen LogP contribution in [0.2, 0.25) is 0 Å². The molecule has 0 radical (unpaired) electrons. The van der Waals surface area contributed by atoms with Gasteiger partial charge in [0, 0.05) is 12.7 Å². The normalized spacial score (nSPS) is 15.1. The Kier molecular flexibility index (Phi) is 1.34. The van der Waals surface area contributed by atoms with Crippen LogP contribution in [0.15, 0.2) is 6.08 Å². The molecule has 0 bridgehead atoms. The first-order chi connectivity index (χ1) is 5.29. The highest BCUT2D eigenvalue weighted by molar-refractivity contribution is 5.50. The molecule has 0 aromatic carbocycles. The number of aryl methyl sites for hydroxylation is 1. The zero-order valence-electron chi connectivity index (χ0n) is 6.96. The Bertz CT molecular complexity index is 308. The lowest BCUT2D eigenvalue weighted by atomic mass is 10.1. The molecule has 0 aliphatic heterocycles. The highest BCUT2D eigenvalue weighted by Gasteiger charge is 2.11. The van der Waals surface area contributed by atoms with Crippen molar-refractivity contribution in [3.8, 4) is 0 Å². The SMILES string of the molecule is Cc1nc2c(n1C)CCC=C2. The molecule has 0 atom stereocenters. The van der Waals surface area contributed by atoms with Crippen LogP contribution in [0, 0.1) is 6.92 Å². The summed E-state index contributed by atoms with van der Waals surface area (Å²) in [4.78, 5) is 4.43. The van der Waals surface area contributed by atoms with Crippen LogP contribution in [0.5, 0.6) is 0 Å². The number of fused-ring (bicyclic) bond motifs is 1. The summed E-state index contributed by atoms with van der Waals surface area (Å²) in [6.45, 7) is 2.05. The predicted octanol–water partition coefficient (Wildman–Crippen LogP) is 1.69. The second-order valence-electron chi connectivity index (χ2n) is 2.99. The second kappa shape index (κ2) is 2.22. The fourth-order valence-corrected chi connectivity index (χ4v) is 1.53. The maximum atomic E-state index is 4.43. The highest BCUT2D eigenvalue weighted by Crippen LogP contribution is 2.18. The lowest BCUT2D eigenvalue weighted by molar-refractivity contribution is 0.776. The minimum absolute atomic E-state index is 1.11.